The first-order chi connectivity index (χ1) is 9.62. The van der Waals surface area contributed by atoms with E-state index in [0.717, 1.165) is 0 Å². The zero-order valence-corrected chi connectivity index (χ0v) is 11.6. The summed E-state index contributed by atoms with van der Waals surface area (Å²) in [5.41, 5.74) is 1.01. The van der Waals surface area contributed by atoms with E-state index in [0.29, 0.717) is 24.2 Å². The Labute approximate surface area is 118 Å². The Morgan fingerprint density at radius 2 is 2.30 bits per heavy atom. The molecule has 104 valence electrons. The maximum atomic E-state index is 12.3. The second-order valence-electron chi connectivity index (χ2n) is 4.30. The van der Waals surface area contributed by atoms with Crippen LogP contribution in [-0.4, -0.2) is 40.6 Å². The second kappa shape index (κ2) is 7.93. The highest BCUT2D eigenvalue weighted by Gasteiger charge is 2.17. The first kappa shape index (κ1) is 15.7. The molecule has 0 fully saturated rings. The Morgan fingerprint density at radius 3 is 2.90 bits per heavy atom. The topological polar surface area (TPSA) is 77.2 Å². The van der Waals surface area contributed by atoms with Gasteiger partial charge < -0.3 is 10.0 Å². The number of carbonyl (C=O) groups is 1. The van der Waals surface area contributed by atoms with Crippen molar-refractivity contribution in [1.82, 2.24) is 9.88 Å². The van der Waals surface area contributed by atoms with Gasteiger partial charge in [0.2, 0.25) is 0 Å². The van der Waals surface area contributed by atoms with Crippen LogP contribution in [0.5, 0.6) is 0 Å². The van der Waals surface area contributed by atoms with Gasteiger partial charge in [-0.1, -0.05) is 11.8 Å². The number of nitrogens with zero attached hydrogens (tertiary/aromatic N) is 3. The summed E-state index contributed by atoms with van der Waals surface area (Å²) in [6.45, 7) is 4.32. The zero-order chi connectivity index (χ0) is 15.0. The fraction of sp³-hybridized carbons (Fsp3) is 0.400. The Kier molecular flexibility index (Phi) is 6.22. The van der Waals surface area contributed by atoms with E-state index in [1.54, 1.807) is 17.9 Å². The van der Waals surface area contributed by atoms with Crippen LogP contribution in [-0.2, 0) is 0 Å². The number of hydrogen-bond acceptors (Lipinski definition) is 4. The van der Waals surface area contributed by atoms with Crippen molar-refractivity contribution >= 4 is 5.91 Å². The Balaban J connectivity index is 2.92. The van der Waals surface area contributed by atoms with Crippen molar-refractivity contribution in [2.75, 3.05) is 19.7 Å². The fourth-order valence-electron chi connectivity index (χ4n) is 1.68. The summed E-state index contributed by atoms with van der Waals surface area (Å²) in [5, 5.41) is 17.5. The summed E-state index contributed by atoms with van der Waals surface area (Å²) < 4.78 is 0. The van der Waals surface area contributed by atoms with E-state index < -0.39 is 0 Å². The smallest absolute Gasteiger partial charge is 0.255 e. The number of aliphatic hydroxyl groups is 1. The van der Waals surface area contributed by atoms with Crippen LogP contribution in [0, 0.1) is 29.1 Å². The highest BCUT2D eigenvalue weighted by molar-refractivity contribution is 5.94. The quantitative estimate of drug-likeness (QED) is 0.830. The summed E-state index contributed by atoms with van der Waals surface area (Å²) in [4.78, 5) is 17.9. The number of nitriles is 1. The van der Waals surface area contributed by atoms with Gasteiger partial charge in [-0.3, -0.25) is 9.78 Å². The molecular formula is C15H17N3O2. The van der Waals surface area contributed by atoms with Crippen LogP contribution in [0.4, 0.5) is 0 Å². The van der Waals surface area contributed by atoms with Crippen LogP contribution >= 0.6 is 0 Å². The van der Waals surface area contributed by atoms with Crippen LogP contribution in [0.2, 0.25) is 0 Å². The predicted octanol–water partition coefficient (Wildman–Crippen LogP) is 1.05. The molecule has 0 aromatic carbocycles. The molecule has 1 amide bonds. The highest BCUT2D eigenvalue weighted by atomic mass is 16.2. The van der Waals surface area contributed by atoms with Crippen molar-refractivity contribution in [3.63, 3.8) is 0 Å². The Bertz CT molecular complexity index is 566. The lowest BCUT2D eigenvalue weighted by Crippen LogP contribution is -2.34. The van der Waals surface area contributed by atoms with Crippen molar-refractivity contribution in [1.29, 1.82) is 5.26 Å². The summed E-state index contributed by atoms with van der Waals surface area (Å²) in [7, 11) is 0. The van der Waals surface area contributed by atoms with Gasteiger partial charge in [0.05, 0.1) is 17.6 Å². The molecule has 5 nitrogen and oxygen atoms in total. The van der Waals surface area contributed by atoms with Gasteiger partial charge in [-0.15, -0.1) is 0 Å². The van der Waals surface area contributed by atoms with E-state index >= 15 is 0 Å². The highest BCUT2D eigenvalue weighted by Crippen LogP contribution is 2.08. The zero-order valence-electron chi connectivity index (χ0n) is 11.6. The lowest BCUT2D eigenvalue weighted by atomic mass is 10.1. The third-order valence-corrected chi connectivity index (χ3v) is 2.68. The fourth-order valence-corrected chi connectivity index (χ4v) is 1.68. The van der Waals surface area contributed by atoms with Crippen molar-refractivity contribution < 1.29 is 9.90 Å². The molecule has 1 aromatic rings. The minimum absolute atomic E-state index is 0.172. The van der Waals surface area contributed by atoms with E-state index in [4.69, 9.17) is 10.4 Å². The second-order valence-corrected chi connectivity index (χ2v) is 4.30. The van der Waals surface area contributed by atoms with Gasteiger partial charge in [0.25, 0.3) is 5.91 Å². The molecule has 1 unspecified atom stereocenters. The van der Waals surface area contributed by atoms with Crippen LogP contribution in [0.3, 0.4) is 0 Å². The SMILES string of the molecule is CCN(CC(C)C#N)C(=O)c1cncc(C#CCO)c1. The van der Waals surface area contributed by atoms with Gasteiger partial charge >= 0.3 is 0 Å². The van der Waals surface area contributed by atoms with E-state index in [1.807, 2.05) is 6.92 Å². The number of rotatable bonds is 4. The van der Waals surface area contributed by atoms with Gasteiger partial charge in [0.1, 0.15) is 6.61 Å². The number of aliphatic hydroxyl groups excluding tert-OH is 1. The minimum Gasteiger partial charge on any atom is -0.384 e. The van der Waals surface area contributed by atoms with Crippen LogP contribution in [0.1, 0.15) is 29.8 Å². The van der Waals surface area contributed by atoms with Crippen molar-refractivity contribution in [3.8, 4) is 17.9 Å². The largest absolute Gasteiger partial charge is 0.384 e. The average molecular weight is 271 g/mol. The van der Waals surface area contributed by atoms with Crippen LogP contribution in [0.15, 0.2) is 18.5 Å². The van der Waals surface area contributed by atoms with Crippen molar-refractivity contribution in [2.24, 2.45) is 5.92 Å². The van der Waals surface area contributed by atoms with Gasteiger partial charge in [0, 0.05) is 31.0 Å². The summed E-state index contributed by atoms with van der Waals surface area (Å²) >= 11 is 0. The van der Waals surface area contributed by atoms with Crippen LogP contribution in [0.25, 0.3) is 0 Å². The molecule has 0 bridgehead atoms. The molecular weight excluding hydrogens is 254 g/mol. The molecule has 0 radical (unpaired) electrons. The van der Waals surface area contributed by atoms with Gasteiger partial charge in [-0.05, 0) is 19.9 Å². The van der Waals surface area contributed by atoms with Gasteiger partial charge in [0.15, 0.2) is 0 Å². The lowest BCUT2D eigenvalue weighted by Gasteiger charge is -2.21. The van der Waals surface area contributed by atoms with Gasteiger partial charge in [-0.2, -0.15) is 5.26 Å². The molecule has 0 saturated heterocycles. The molecule has 1 rings (SSSR count). The summed E-state index contributed by atoms with van der Waals surface area (Å²) in [6.07, 6.45) is 3.01. The number of aromatic nitrogens is 1. The number of pyridine rings is 1. The maximum absolute atomic E-state index is 12.3. The first-order valence-electron chi connectivity index (χ1n) is 6.36. The third-order valence-electron chi connectivity index (χ3n) is 2.68. The number of hydrogen-bond donors (Lipinski definition) is 1. The molecule has 0 aliphatic rings. The monoisotopic (exact) mass is 271 g/mol. The molecule has 20 heavy (non-hydrogen) atoms. The third kappa shape index (κ3) is 4.38. The minimum atomic E-state index is -0.237. The van der Waals surface area contributed by atoms with E-state index in [-0.39, 0.29) is 18.4 Å². The van der Waals surface area contributed by atoms with Crippen molar-refractivity contribution in [3.05, 3.63) is 29.6 Å². The molecule has 0 aliphatic carbocycles. The molecule has 0 spiro atoms. The Morgan fingerprint density at radius 1 is 1.55 bits per heavy atom. The standard InChI is InChI=1S/C15H17N3O2/c1-3-18(11-12(2)8-16)15(20)14-7-13(5-4-6-19)9-17-10-14/h7,9-10,12,19H,3,6,11H2,1-2H3. The maximum Gasteiger partial charge on any atom is 0.255 e. The molecule has 5 heteroatoms. The van der Waals surface area contributed by atoms with Crippen molar-refractivity contribution in [2.45, 2.75) is 13.8 Å². The molecule has 1 heterocycles. The first-order valence-corrected chi connectivity index (χ1v) is 6.36. The summed E-state index contributed by atoms with van der Waals surface area (Å²) in [6, 6.07) is 3.75. The summed E-state index contributed by atoms with van der Waals surface area (Å²) in [5.74, 6) is 4.84. The van der Waals surface area contributed by atoms with E-state index in [1.165, 1.54) is 12.4 Å². The van der Waals surface area contributed by atoms with Crippen LogP contribution < -0.4 is 0 Å². The van der Waals surface area contributed by atoms with Gasteiger partial charge in [-0.25, -0.2) is 0 Å². The van der Waals surface area contributed by atoms with E-state index in [9.17, 15) is 4.79 Å². The molecule has 1 N–H and O–H groups in total. The molecule has 0 saturated carbocycles. The predicted molar refractivity (Wildman–Crippen MR) is 74.6 cm³/mol. The number of carbonyl (C=O) groups excluding carboxylic acids is 1. The average Bonchev–Trinajstić information content (AvgIpc) is 2.49. The Hall–Kier alpha value is -2.37. The normalized spacial score (nSPS) is 10.9. The molecule has 0 aliphatic heterocycles. The lowest BCUT2D eigenvalue weighted by molar-refractivity contribution is 0.0752. The number of amides is 1. The van der Waals surface area contributed by atoms with E-state index in [2.05, 4.69) is 22.9 Å². The molecule has 1 atom stereocenters. The molecule has 1 aromatic heterocycles.